The van der Waals surface area contributed by atoms with Gasteiger partial charge in [-0.15, -0.1) is 11.3 Å². The minimum Gasteiger partial charge on any atom is -0.436 e. The number of pyridine rings is 1. The molecule has 0 saturated heterocycles. The van der Waals surface area contributed by atoms with Crippen molar-refractivity contribution in [2.24, 2.45) is 0 Å². The Hall–Kier alpha value is -2.99. The van der Waals surface area contributed by atoms with Gasteiger partial charge in [-0.3, -0.25) is 9.47 Å². The lowest BCUT2D eigenvalue weighted by molar-refractivity contribution is -0.389. The van der Waals surface area contributed by atoms with Crippen LogP contribution in [0.1, 0.15) is 17.5 Å². The zero-order valence-corrected chi connectivity index (χ0v) is 15.9. The number of fused-ring (bicyclic) bond motifs is 2. The fourth-order valence-corrected chi connectivity index (χ4v) is 4.83. The Balaban J connectivity index is 1.27. The van der Waals surface area contributed by atoms with Gasteiger partial charge in [0.15, 0.2) is 5.82 Å². The minimum absolute atomic E-state index is 0.0513. The number of hydrogen-bond acceptors (Lipinski definition) is 8. The molecule has 0 aromatic carbocycles. The largest absolute Gasteiger partial charge is 0.436 e. The van der Waals surface area contributed by atoms with Gasteiger partial charge < -0.3 is 14.9 Å². The van der Waals surface area contributed by atoms with Crippen LogP contribution in [0.5, 0.6) is 6.01 Å². The molecule has 3 aromatic rings. The molecule has 0 N–H and O–H groups in total. The van der Waals surface area contributed by atoms with Crippen LogP contribution in [-0.4, -0.2) is 41.5 Å². The number of thiazole rings is 1. The maximum absolute atomic E-state index is 14.0. The lowest BCUT2D eigenvalue weighted by Crippen LogP contribution is -2.43. The van der Waals surface area contributed by atoms with Gasteiger partial charge in [-0.05, 0) is 11.8 Å². The lowest BCUT2D eigenvalue weighted by Gasteiger charge is -2.27. The molecule has 1 unspecified atom stereocenters. The zero-order valence-electron chi connectivity index (χ0n) is 15.1. The molecule has 0 aliphatic carbocycles. The standard InChI is InChI=1S/C17H14F2N6O3S/c1-17(8-24-6-13(25(26)27)22-16(24)28-17)7-23-4-11-12(5-23)29-15(21-11)14-10(19)2-9(18)3-20-14/h2-3,6H,4-5,7-8H2,1H3. The van der Waals surface area contributed by atoms with Crippen molar-refractivity contribution in [2.75, 3.05) is 6.54 Å². The Kier molecular flexibility index (Phi) is 3.90. The van der Waals surface area contributed by atoms with Gasteiger partial charge in [0.05, 0.1) is 18.4 Å². The second-order valence-electron chi connectivity index (χ2n) is 7.34. The lowest BCUT2D eigenvalue weighted by atomic mass is 10.1. The number of halogens is 2. The van der Waals surface area contributed by atoms with E-state index in [0.29, 0.717) is 31.2 Å². The molecule has 9 nitrogen and oxygen atoms in total. The molecule has 0 spiro atoms. The van der Waals surface area contributed by atoms with Crippen molar-refractivity contribution in [3.05, 3.63) is 50.8 Å². The van der Waals surface area contributed by atoms with Crippen LogP contribution < -0.4 is 4.74 Å². The van der Waals surface area contributed by atoms with Crippen LogP contribution in [0.4, 0.5) is 14.6 Å². The molecule has 5 heterocycles. The van der Waals surface area contributed by atoms with E-state index in [0.717, 1.165) is 22.8 Å². The van der Waals surface area contributed by atoms with Gasteiger partial charge in [0.25, 0.3) is 0 Å². The Morgan fingerprint density at radius 2 is 2.21 bits per heavy atom. The number of aromatic nitrogens is 4. The first kappa shape index (κ1) is 18.1. The Morgan fingerprint density at radius 1 is 1.38 bits per heavy atom. The minimum atomic E-state index is -0.732. The summed E-state index contributed by atoms with van der Waals surface area (Å²) in [6.45, 7) is 4.15. The molecule has 2 aliphatic rings. The van der Waals surface area contributed by atoms with E-state index in [-0.39, 0.29) is 17.5 Å². The first-order valence-electron chi connectivity index (χ1n) is 8.73. The van der Waals surface area contributed by atoms with E-state index in [1.54, 1.807) is 4.57 Å². The van der Waals surface area contributed by atoms with Gasteiger partial charge in [-0.25, -0.2) is 18.7 Å². The van der Waals surface area contributed by atoms with Crippen LogP contribution in [0.15, 0.2) is 18.5 Å². The third-order valence-electron chi connectivity index (χ3n) is 4.84. The van der Waals surface area contributed by atoms with Crippen molar-refractivity contribution in [3.63, 3.8) is 0 Å². The molecule has 3 aromatic heterocycles. The normalized spacial score (nSPS) is 20.5. The highest BCUT2D eigenvalue weighted by atomic mass is 32.1. The highest BCUT2D eigenvalue weighted by Crippen LogP contribution is 2.37. The first-order valence-corrected chi connectivity index (χ1v) is 9.54. The molecule has 1 atom stereocenters. The summed E-state index contributed by atoms with van der Waals surface area (Å²) in [7, 11) is 0. The van der Waals surface area contributed by atoms with Gasteiger partial charge in [0.2, 0.25) is 0 Å². The number of hydrogen-bond donors (Lipinski definition) is 0. The molecule has 29 heavy (non-hydrogen) atoms. The van der Waals surface area contributed by atoms with Gasteiger partial charge in [0, 0.05) is 35.6 Å². The molecule has 0 bridgehead atoms. The SMILES string of the molecule is CC1(CN2Cc3nc(-c4ncc(F)cc4F)sc3C2)Cn2cc([N+](=O)[O-])nc2O1. The summed E-state index contributed by atoms with van der Waals surface area (Å²) in [5, 5.41) is 11.3. The van der Waals surface area contributed by atoms with Crippen molar-refractivity contribution in [1.82, 2.24) is 24.4 Å². The Morgan fingerprint density at radius 3 is 2.90 bits per heavy atom. The smallest absolute Gasteiger partial charge is 0.415 e. The molecule has 0 radical (unpaired) electrons. The first-order chi connectivity index (χ1) is 13.8. The second-order valence-corrected chi connectivity index (χ2v) is 8.42. The van der Waals surface area contributed by atoms with Crippen molar-refractivity contribution < 1.29 is 18.4 Å². The third-order valence-corrected chi connectivity index (χ3v) is 5.93. The third kappa shape index (κ3) is 3.13. The van der Waals surface area contributed by atoms with Gasteiger partial charge >= 0.3 is 11.8 Å². The number of nitrogens with zero attached hydrogens (tertiary/aromatic N) is 6. The van der Waals surface area contributed by atoms with E-state index in [9.17, 15) is 18.9 Å². The van der Waals surface area contributed by atoms with Crippen LogP contribution in [0, 0.1) is 21.7 Å². The van der Waals surface area contributed by atoms with Crippen molar-refractivity contribution in [3.8, 4) is 16.7 Å². The van der Waals surface area contributed by atoms with Crippen LogP contribution >= 0.6 is 11.3 Å². The monoisotopic (exact) mass is 420 g/mol. The highest BCUT2D eigenvalue weighted by Gasteiger charge is 2.42. The topological polar surface area (TPSA) is 99.2 Å². The fourth-order valence-electron chi connectivity index (χ4n) is 3.72. The van der Waals surface area contributed by atoms with Crippen molar-refractivity contribution in [2.45, 2.75) is 32.2 Å². The van der Waals surface area contributed by atoms with E-state index in [1.807, 2.05) is 6.92 Å². The average molecular weight is 420 g/mol. The van der Waals surface area contributed by atoms with Gasteiger partial charge in [-0.1, -0.05) is 0 Å². The quantitative estimate of drug-likeness (QED) is 0.473. The summed E-state index contributed by atoms with van der Waals surface area (Å²) in [5.74, 6) is -1.69. The summed E-state index contributed by atoms with van der Waals surface area (Å²) in [6.07, 6.45) is 2.35. The molecule has 12 heteroatoms. The number of nitro groups is 1. The summed E-state index contributed by atoms with van der Waals surface area (Å²) in [4.78, 5) is 25.6. The van der Waals surface area contributed by atoms with Crippen molar-refractivity contribution in [1.29, 1.82) is 0 Å². The number of imidazole rings is 1. The predicted molar refractivity (Wildman–Crippen MR) is 97.3 cm³/mol. The highest BCUT2D eigenvalue weighted by molar-refractivity contribution is 7.15. The molecule has 2 aliphatic heterocycles. The molecular formula is C17H14F2N6O3S. The summed E-state index contributed by atoms with van der Waals surface area (Å²) in [5.41, 5.74) is 0.319. The molecular weight excluding hydrogens is 406 g/mol. The number of ether oxygens (including phenoxy) is 1. The molecule has 0 fully saturated rings. The van der Waals surface area contributed by atoms with E-state index in [4.69, 9.17) is 4.74 Å². The number of rotatable bonds is 4. The van der Waals surface area contributed by atoms with Gasteiger partial charge in [0.1, 0.15) is 28.3 Å². The van der Waals surface area contributed by atoms with Crippen LogP contribution in [0.2, 0.25) is 0 Å². The molecule has 0 amide bonds. The maximum Gasteiger partial charge on any atom is 0.415 e. The Labute approximate surface area is 166 Å². The van der Waals surface area contributed by atoms with Gasteiger partial charge in [-0.2, -0.15) is 0 Å². The van der Waals surface area contributed by atoms with E-state index in [2.05, 4.69) is 19.9 Å². The molecule has 0 saturated carbocycles. The summed E-state index contributed by atoms with van der Waals surface area (Å²) < 4.78 is 34.5. The van der Waals surface area contributed by atoms with E-state index >= 15 is 0 Å². The second kappa shape index (κ2) is 6.26. The van der Waals surface area contributed by atoms with Crippen molar-refractivity contribution >= 4 is 17.2 Å². The molecule has 150 valence electrons. The predicted octanol–water partition coefficient (Wildman–Crippen LogP) is 2.75. The van der Waals surface area contributed by atoms with E-state index in [1.165, 1.54) is 17.5 Å². The maximum atomic E-state index is 14.0. The van der Waals surface area contributed by atoms with Crippen LogP contribution in [-0.2, 0) is 19.6 Å². The fraction of sp³-hybridized carbons (Fsp3) is 0.353. The van der Waals surface area contributed by atoms with E-state index < -0.39 is 22.2 Å². The average Bonchev–Trinajstić information content (AvgIpc) is 3.33. The Bertz CT molecular complexity index is 1100. The zero-order chi connectivity index (χ0) is 20.3. The summed E-state index contributed by atoms with van der Waals surface area (Å²) >= 11 is 1.34. The molecule has 5 rings (SSSR count). The summed E-state index contributed by atoms with van der Waals surface area (Å²) in [6, 6.07) is 1.04. The van der Waals surface area contributed by atoms with Crippen LogP contribution in [0.25, 0.3) is 10.7 Å². The van der Waals surface area contributed by atoms with Crippen LogP contribution in [0.3, 0.4) is 0 Å².